The monoisotopic (exact) mass is 195 g/mol. The molecule has 0 radical (unpaired) electrons. The molecular formula is C6H14NO4P. The van der Waals surface area contributed by atoms with Crippen LogP contribution in [-0.2, 0) is 13.9 Å². The highest BCUT2D eigenvalue weighted by atomic mass is 31.2. The Labute approximate surface area is 72.0 Å². The average molecular weight is 195 g/mol. The predicted molar refractivity (Wildman–Crippen MR) is 47.0 cm³/mol. The molecule has 1 atom stereocenters. The van der Waals surface area contributed by atoms with Crippen LogP contribution in [0.2, 0.25) is 0 Å². The highest BCUT2D eigenvalue weighted by Gasteiger charge is 2.02. The first-order valence-corrected chi connectivity index (χ1v) is 5.10. The molecule has 0 aliphatic rings. The summed E-state index contributed by atoms with van der Waals surface area (Å²) in [7, 11) is -0.392. The van der Waals surface area contributed by atoms with Gasteiger partial charge in [0.05, 0.1) is 0 Å². The maximum Gasteiger partial charge on any atom is 0.324 e. The van der Waals surface area contributed by atoms with Gasteiger partial charge in [-0.3, -0.25) is 9.36 Å². The minimum absolute atomic E-state index is 0.144. The predicted octanol–water partition coefficient (Wildman–Crippen LogP) is 0.366. The normalized spacial score (nSPS) is 13.3. The van der Waals surface area contributed by atoms with Crippen LogP contribution >= 0.6 is 7.60 Å². The van der Waals surface area contributed by atoms with Crippen LogP contribution in [0.5, 0.6) is 0 Å². The molecule has 0 fully saturated rings. The molecule has 6 heteroatoms. The van der Waals surface area contributed by atoms with Crippen molar-refractivity contribution in [2.24, 2.45) is 0 Å². The highest BCUT2D eigenvalue weighted by Crippen LogP contribution is 2.34. The lowest BCUT2D eigenvalue weighted by Crippen LogP contribution is -2.13. The van der Waals surface area contributed by atoms with Crippen molar-refractivity contribution in [3.05, 3.63) is 12.7 Å². The molecule has 0 spiro atoms. The second-order valence-corrected chi connectivity index (χ2v) is 3.78. The van der Waals surface area contributed by atoms with Crippen molar-refractivity contribution >= 4 is 13.5 Å². The largest absolute Gasteiger partial charge is 0.356 e. The smallest absolute Gasteiger partial charge is 0.324 e. The average Bonchev–Trinajstić information content (AvgIpc) is 2.03. The number of hydrogen-bond acceptors (Lipinski definition) is 3. The maximum atomic E-state index is 9.95. The van der Waals surface area contributed by atoms with Crippen LogP contribution in [0.1, 0.15) is 0 Å². The molecule has 0 aromatic rings. The van der Waals surface area contributed by atoms with Gasteiger partial charge in [0.25, 0.3) is 0 Å². The van der Waals surface area contributed by atoms with E-state index in [1.165, 1.54) is 13.2 Å². The summed E-state index contributed by atoms with van der Waals surface area (Å²) in [5.41, 5.74) is 0. The van der Waals surface area contributed by atoms with E-state index >= 15 is 0 Å². The molecule has 0 rings (SSSR count). The Balaban J connectivity index is 0. The summed E-state index contributed by atoms with van der Waals surface area (Å²) in [5, 5.41) is 2.36. The van der Waals surface area contributed by atoms with Gasteiger partial charge in [0.15, 0.2) is 0 Å². The first kappa shape index (κ1) is 13.9. The van der Waals surface area contributed by atoms with E-state index in [0.717, 1.165) is 6.66 Å². The Kier molecular flexibility index (Phi) is 8.16. The Hall–Kier alpha value is -0.640. The number of rotatable bonds is 2. The first-order valence-electron chi connectivity index (χ1n) is 3.07. The van der Waals surface area contributed by atoms with Crippen LogP contribution in [0.3, 0.4) is 0 Å². The van der Waals surface area contributed by atoms with Gasteiger partial charge in [0.2, 0.25) is 5.91 Å². The van der Waals surface area contributed by atoms with E-state index in [0.29, 0.717) is 0 Å². The summed E-state index contributed by atoms with van der Waals surface area (Å²) in [5.74, 6) is -0.144. The molecule has 0 aromatic carbocycles. The highest BCUT2D eigenvalue weighted by molar-refractivity contribution is 7.51. The molecule has 0 aliphatic carbocycles. The lowest BCUT2D eigenvalue weighted by atomic mass is 10.6. The summed E-state index contributed by atoms with van der Waals surface area (Å²) in [4.78, 5) is 18.1. The SMILES string of the molecule is C=CC(=O)NC.COP(C)(=O)O. The number of amides is 1. The fourth-order valence-electron chi connectivity index (χ4n) is 0.102. The third kappa shape index (κ3) is 16.2. The zero-order valence-corrected chi connectivity index (χ0v) is 8.30. The van der Waals surface area contributed by atoms with Gasteiger partial charge in [-0.1, -0.05) is 6.58 Å². The zero-order chi connectivity index (χ0) is 10.2. The molecule has 12 heavy (non-hydrogen) atoms. The standard InChI is InChI=1S/C4H7NO.C2H7O3P/c1-3-4(6)5-2;1-5-6(2,3)4/h3H,1H2,2H3,(H,5,6);1-2H3,(H,3,4). The number of carbonyl (C=O) groups excluding carboxylic acids is 1. The molecule has 0 saturated heterocycles. The third-order valence-corrected chi connectivity index (χ3v) is 1.45. The summed E-state index contributed by atoms with van der Waals surface area (Å²) < 4.78 is 14.0. The molecule has 0 aliphatic heterocycles. The van der Waals surface area contributed by atoms with Crippen molar-refractivity contribution in [1.29, 1.82) is 0 Å². The molecular weight excluding hydrogens is 181 g/mol. The van der Waals surface area contributed by atoms with E-state index in [1.54, 1.807) is 7.05 Å². The summed E-state index contributed by atoms with van der Waals surface area (Å²) >= 11 is 0. The van der Waals surface area contributed by atoms with Gasteiger partial charge >= 0.3 is 7.60 Å². The molecule has 1 unspecified atom stereocenters. The van der Waals surface area contributed by atoms with Crippen molar-refractivity contribution in [3.63, 3.8) is 0 Å². The van der Waals surface area contributed by atoms with Crippen molar-refractivity contribution in [3.8, 4) is 0 Å². The van der Waals surface area contributed by atoms with Crippen molar-refractivity contribution in [2.45, 2.75) is 0 Å². The van der Waals surface area contributed by atoms with Gasteiger partial charge in [-0.15, -0.1) is 0 Å². The maximum absolute atomic E-state index is 9.95. The lowest BCUT2D eigenvalue weighted by molar-refractivity contribution is -0.116. The molecule has 0 heterocycles. The van der Waals surface area contributed by atoms with Crippen LogP contribution in [0, 0.1) is 0 Å². The van der Waals surface area contributed by atoms with Crippen LogP contribution < -0.4 is 5.32 Å². The second kappa shape index (κ2) is 7.03. The van der Waals surface area contributed by atoms with E-state index in [4.69, 9.17) is 4.89 Å². The molecule has 5 nitrogen and oxygen atoms in total. The lowest BCUT2D eigenvalue weighted by Gasteiger charge is -1.96. The summed E-state index contributed by atoms with van der Waals surface area (Å²) in [6.45, 7) is 4.35. The Morgan fingerprint density at radius 3 is 2.08 bits per heavy atom. The second-order valence-electron chi connectivity index (χ2n) is 1.80. The van der Waals surface area contributed by atoms with Gasteiger partial charge < -0.3 is 14.7 Å². The fraction of sp³-hybridized carbons (Fsp3) is 0.500. The van der Waals surface area contributed by atoms with Crippen LogP contribution in [0.4, 0.5) is 0 Å². The molecule has 0 saturated carbocycles. The van der Waals surface area contributed by atoms with Crippen LogP contribution in [0.15, 0.2) is 12.7 Å². The van der Waals surface area contributed by atoms with Gasteiger partial charge in [0.1, 0.15) is 0 Å². The summed E-state index contributed by atoms with van der Waals surface area (Å²) in [6.07, 6.45) is 1.22. The molecule has 0 aromatic heterocycles. The Morgan fingerprint density at radius 2 is 2.08 bits per heavy atom. The Bertz CT molecular complexity index is 186. The Morgan fingerprint density at radius 1 is 1.75 bits per heavy atom. The minimum Gasteiger partial charge on any atom is -0.356 e. The van der Waals surface area contributed by atoms with Gasteiger partial charge in [-0.2, -0.15) is 0 Å². The quantitative estimate of drug-likeness (QED) is 0.493. The van der Waals surface area contributed by atoms with Crippen LogP contribution in [0.25, 0.3) is 0 Å². The van der Waals surface area contributed by atoms with Crippen LogP contribution in [-0.4, -0.2) is 31.6 Å². The van der Waals surface area contributed by atoms with E-state index in [-0.39, 0.29) is 5.91 Å². The molecule has 2 N–H and O–H groups in total. The topological polar surface area (TPSA) is 75.6 Å². The summed E-state index contributed by atoms with van der Waals surface area (Å²) in [6, 6.07) is 0. The van der Waals surface area contributed by atoms with Crippen molar-refractivity contribution < 1.29 is 18.8 Å². The molecule has 72 valence electrons. The fourth-order valence-corrected chi connectivity index (χ4v) is 0.102. The minimum atomic E-state index is -3.15. The van der Waals surface area contributed by atoms with Gasteiger partial charge in [-0.05, 0) is 6.08 Å². The van der Waals surface area contributed by atoms with E-state index < -0.39 is 7.60 Å². The van der Waals surface area contributed by atoms with Crippen molar-refractivity contribution in [1.82, 2.24) is 5.32 Å². The first-order chi connectivity index (χ1) is 5.37. The number of hydrogen-bond donors (Lipinski definition) is 2. The van der Waals surface area contributed by atoms with Gasteiger partial charge in [0, 0.05) is 20.8 Å². The number of likely N-dealkylation sites (N-methyl/N-ethyl adjacent to an activating group) is 1. The van der Waals surface area contributed by atoms with E-state index in [9.17, 15) is 9.36 Å². The number of nitrogens with one attached hydrogen (secondary N) is 1. The van der Waals surface area contributed by atoms with E-state index in [2.05, 4.69) is 16.4 Å². The zero-order valence-electron chi connectivity index (χ0n) is 7.40. The number of carbonyl (C=O) groups is 1. The van der Waals surface area contributed by atoms with E-state index in [1.807, 2.05) is 0 Å². The van der Waals surface area contributed by atoms with Gasteiger partial charge in [-0.25, -0.2) is 0 Å². The van der Waals surface area contributed by atoms with Crippen molar-refractivity contribution in [2.75, 3.05) is 20.8 Å². The molecule has 0 bridgehead atoms. The third-order valence-electron chi connectivity index (χ3n) is 0.771. The molecule has 1 amide bonds.